The van der Waals surface area contributed by atoms with Gasteiger partial charge in [0.05, 0.1) is 6.61 Å². The molecule has 1 aromatic rings. The normalized spacial score (nSPS) is 16.1. The van der Waals surface area contributed by atoms with Crippen LogP contribution in [-0.2, 0) is 6.54 Å². The van der Waals surface area contributed by atoms with Crippen molar-refractivity contribution >= 4 is 5.96 Å². The van der Waals surface area contributed by atoms with Gasteiger partial charge in [-0.2, -0.15) is 0 Å². The monoisotopic (exact) mass is 303 g/mol. The highest BCUT2D eigenvalue weighted by atomic mass is 16.5. The van der Waals surface area contributed by atoms with Crippen LogP contribution in [0.4, 0.5) is 0 Å². The number of nitrogens with one attached hydrogen (secondary N) is 2. The molecule has 1 aromatic carbocycles. The number of nitrogens with zero attached hydrogens (tertiary/aromatic N) is 1. The Labute approximate surface area is 134 Å². The molecule has 1 saturated carbocycles. The number of benzene rings is 1. The Hall–Kier alpha value is -1.71. The van der Waals surface area contributed by atoms with E-state index in [1.54, 1.807) is 0 Å². The molecule has 2 N–H and O–H groups in total. The van der Waals surface area contributed by atoms with Gasteiger partial charge in [-0.05, 0) is 36.5 Å². The van der Waals surface area contributed by atoms with E-state index in [1.165, 1.54) is 31.2 Å². The molecule has 1 fully saturated rings. The average Bonchev–Trinajstić information content (AvgIpc) is 3.03. The van der Waals surface area contributed by atoms with Gasteiger partial charge in [-0.25, -0.2) is 0 Å². The van der Waals surface area contributed by atoms with E-state index < -0.39 is 0 Å². The minimum atomic E-state index is 0.548. The number of hydrogen-bond donors (Lipinski definition) is 2. The number of hydrogen-bond acceptors (Lipinski definition) is 2. The zero-order valence-corrected chi connectivity index (χ0v) is 14.1. The second-order valence-corrected chi connectivity index (χ2v) is 6.40. The van der Waals surface area contributed by atoms with Gasteiger partial charge in [0.25, 0.3) is 0 Å². The zero-order chi connectivity index (χ0) is 15.8. The first kappa shape index (κ1) is 16.7. The fourth-order valence-electron chi connectivity index (χ4n) is 2.61. The lowest BCUT2D eigenvalue weighted by atomic mass is 10.2. The highest BCUT2D eigenvalue weighted by Gasteiger charge is 2.15. The molecule has 4 heteroatoms. The summed E-state index contributed by atoms with van der Waals surface area (Å²) in [6, 6.07) is 8.86. The van der Waals surface area contributed by atoms with Crippen LogP contribution in [0, 0.1) is 5.92 Å². The first-order valence-electron chi connectivity index (χ1n) is 8.36. The Bertz CT molecular complexity index is 462. The van der Waals surface area contributed by atoms with Crippen molar-refractivity contribution in [2.45, 2.75) is 52.1 Å². The summed E-state index contributed by atoms with van der Waals surface area (Å²) in [7, 11) is 1.83. The average molecular weight is 303 g/mol. The van der Waals surface area contributed by atoms with E-state index in [0.29, 0.717) is 12.0 Å². The van der Waals surface area contributed by atoms with E-state index in [4.69, 9.17) is 4.74 Å². The third kappa shape index (κ3) is 5.58. The molecule has 2 rings (SSSR count). The van der Waals surface area contributed by atoms with Gasteiger partial charge in [-0.1, -0.05) is 38.8 Å². The van der Waals surface area contributed by atoms with Crippen LogP contribution in [-0.4, -0.2) is 25.7 Å². The summed E-state index contributed by atoms with van der Waals surface area (Å²) in [5.41, 5.74) is 1.23. The Morgan fingerprint density at radius 2 is 1.91 bits per heavy atom. The molecule has 0 unspecified atom stereocenters. The summed E-state index contributed by atoms with van der Waals surface area (Å²) >= 11 is 0. The zero-order valence-electron chi connectivity index (χ0n) is 14.1. The second-order valence-electron chi connectivity index (χ2n) is 6.40. The largest absolute Gasteiger partial charge is 0.493 e. The molecule has 1 aliphatic rings. The third-order valence-corrected chi connectivity index (χ3v) is 3.89. The van der Waals surface area contributed by atoms with Gasteiger partial charge in [0.15, 0.2) is 5.96 Å². The molecule has 22 heavy (non-hydrogen) atoms. The molecule has 0 atom stereocenters. The molecule has 0 radical (unpaired) electrons. The first-order chi connectivity index (χ1) is 10.7. The number of ether oxygens (including phenoxy) is 1. The van der Waals surface area contributed by atoms with Crippen molar-refractivity contribution in [3.05, 3.63) is 29.8 Å². The van der Waals surface area contributed by atoms with Crippen molar-refractivity contribution < 1.29 is 4.74 Å². The van der Waals surface area contributed by atoms with Gasteiger partial charge >= 0.3 is 0 Å². The van der Waals surface area contributed by atoms with Gasteiger partial charge in [-0.15, -0.1) is 0 Å². The van der Waals surface area contributed by atoms with E-state index in [0.717, 1.165) is 24.9 Å². The molecular formula is C18H29N3O. The highest BCUT2D eigenvalue weighted by molar-refractivity contribution is 5.79. The number of aliphatic imine (C=N–C) groups is 1. The Balaban J connectivity index is 1.77. The lowest BCUT2D eigenvalue weighted by molar-refractivity contribution is 0.271. The van der Waals surface area contributed by atoms with Crippen LogP contribution in [0.2, 0.25) is 0 Å². The molecule has 0 bridgehead atoms. The highest BCUT2D eigenvalue weighted by Crippen LogP contribution is 2.17. The van der Waals surface area contributed by atoms with Crippen molar-refractivity contribution in [1.82, 2.24) is 10.6 Å². The molecule has 0 heterocycles. The van der Waals surface area contributed by atoms with Crippen LogP contribution < -0.4 is 15.4 Å². The molecule has 4 nitrogen and oxygen atoms in total. The maximum Gasteiger partial charge on any atom is 0.191 e. The molecule has 0 aromatic heterocycles. The minimum Gasteiger partial charge on any atom is -0.493 e. The molecule has 0 saturated heterocycles. The lowest BCUT2D eigenvalue weighted by Crippen LogP contribution is -2.41. The summed E-state index contributed by atoms with van der Waals surface area (Å²) in [5.74, 6) is 2.38. The SMILES string of the molecule is CN=C(NCc1ccc(OCC(C)C)cc1)NC1CCCC1. The Morgan fingerprint density at radius 1 is 1.23 bits per heavy atom. The van der Waals surface area contributed by atoms with E-state index in [-0.39, 0.29) is 0 Å². The fourth-order valence-corrected chi connectivity index (χ4v) is 2.61. The van der Waals surface area contributed by atoms with Gasteiger partial charge in [0.2, 0.25) is 0 Å². The van der Waals surface area contributed by atoms with E-state index in [9.17, 15) is 0 Å². The van der Waals surface area contributed by atoms with Crippen molar-refractivity contribution in [2.24, 2.45) is 10.9 Å². The molecule has 0 amide bonds. The maximum absolute atomic E-state index is 5.70. The van der Waals surface area contributed by atoms with Crippen LogP contribution >= 0.6 is 0 Å². The van der Waals surface area contributed by atoms with Crippen molar-refractivity contribution in [2.75, 3.05) is 13.7 Å². The van der Waals surface area contributed by atoms with E-state index in [1.807, 2.05) is 19.2 Å². The van der Waals surface area contributed by atoms with Crippen molar-refractivity contribution in [1.29, 1.82) is 0 Å². The van der Waals surface area contributed by atoms with Crippen LogP contribution in [0.15, 0.2) is 29.3 Å². The molecule has 122 valence electrons. The lowest BCUT2D eigenvalue weighted by Gasteiger charge is -2.17. The number of guanidine groups is 1. The summed E-state index contributed by atoms with van der Waals surface area (Å²) in [6.45, 7) is 5.84. The van der Waals surface area contributed by atoms with Gasteiger partial charge in [0, 0.05) is 19.6 Å². The summed E-state index contributed by atoms with van der Waals surface area (Å²) in [5, 5.41) is 6.87. The van der Waals surface area contributed by atoms with E-state index >= 15 is 0 Å². The summed E-state index contributed by atoms with van der Waals surface area (Å²) < 4.78 is 5.70. The quantitative estimate of drug-likeness (QED) is 0.626. The van der Waals surface area contributed by atoms with E-state index in [2.05, 4.69) is 41.6 Å². The second kappa shape index (κ2) is 8.66. The standard InChI is InChI=1S/C18H29N3O/c1-14(2)13-22-17-10-8-15(9-11-17)12-20-18(19-3)21-16-6-4-5-7-16/h8-11,14,16H,4-7,12-13H2,1-3H3,(H2,19,20,21). The van der Waals surface area contributed by atoms with Crippen molar-refractivity contribution in [3.63, 3.8) is 0 Å². The Kier molecular flexibility index (Phi) is 6.56. The predicted octanol–water partition coefficient (Wildman–Crippen LogP) is 3.33. The fraction of sp³-hybridized carbons (Fsp3) is 0.611. The van der Waals surface area contributed by atoms with Crippen LogP contribution in [0.5, 0.6) is 5.75 Å². The van der Waals surface area contributed by atoms with Crippen LogP contribution in [0.1, 0.15) is 45.1 Å². The smallest absolute Gasteiger partial charge is 0.191 e. The summed E-state index contributed by atoms with van der Waals surface area (Å²) in [4.78, 5) is 4.30. The van der Waals surface area contributed by atoms with Crippen LogP contribution in [0.25, 0.3) is 0 Å². The Morgan fingerprint density at radius 3 is 2.50 bits per heavy atom. The first-order valence-corrected chi connectivity index (χ1v) is 8.36. The molecule has 0 spiro atoms. The summed E-state index contributed by atoms with van der Waals surface area (Å²) in [6.07, 6.45) is 5.16. The van der Waals surface area contributed by atoms with Crippen LogP contribution in [0.3, 0.4) is 0 Å². The number of rotatable bonds is 6. The molecule has 1 aliphatic carbocycles. The van der Waals surface area contributed by atoms with Gasteiger partial charge < -0.3 is 15.4 Å². The maximum atomic E-state index is 5.70. The molecular weight excluding hydrogens is 274 g/mol. The van der Waals surface area contributed by atoms with Gasteiger partial charge in [-0.3, -0.25) is 4.99 Å². The molecule has 0 aliphatic heterocycles. The third-order valence-electron chi connectivity index (χ3n) is 3.89. The predicted molar refractivity (Wildman–Crippen MR) is 92.4 cm³/mol. The minimum absolute atomic E-state index is 0.548. The van der Waals surface area contributed by atoms with Crippen molar-refractivity contribution in [3.8, 4) is 5.75 Å². The topological polar surface area (TPSA) is 45.7 Å². The van der Waals surface area contributed by atoms with Gasteiger partial charge in [0.1, 0.15) is 5.75 Å².